The van der Waals surface area contributed by atoms with Crippen molar-refractivity contribution in [2.24, 2.45) is 5.92 Å². The molecule has 0 saturated carbocycles. The number of hydrogen-bond acceptors (Lipinski definition) is 4. The first-order chi connectivity index (χ1) is 9.10. The highest BCUT2D eigenvalue weighted by molar-refractivity contribution is 7.15. The number of nitrogens with zero attached hydrogens (tertiary/aromatic N) is 2. The van der Waals surface area contributed by atoms with E-state index in [2.05, 4.69) is 37.9 Å². The number of rotatable bonds is 5. The van der Waals surface area contributed by atoms with Gasteiger partial charge in [0, 0.05) is 30.6 Å². The summed E-state index contributed by atoms with van der Waals surface area (Å²) in [7, 11) is 0. The zero-order valence-corrected chi connectivity index (χ0v) is 13.5. The fourth-order valence-corrected chi connectivity index (χ4v) is 3.71. The van der Waals surface area contributed by atoms with Crippen LogP contribution >= 0.6 is 11.3 Å². The van der Waals surface area contributed by atoms with E-state index in [1.54, 1.807) is 0 Å². The predicted molar refractivity (Wildman–Crippen MR) is 84.1 cm³/mol. The van der Waals surface area contributed by atoms with Crippen molar-refractivity contribution in [2.45, 2.75) is 59.5 Å². The molecular formula is C15H27N3S. The summed E-state index contributed by atoms with van der Waals surface area (Å²) in [5, 5.41) is 4.75. The second-order valence-corrected chi connectivity index (χ2v) is 7.01. The molecule has 1 N–H and O–H groups in total. The van der Waals surface area contributed by atoms with Crippen LogP contribution in [0, 0.1) is 5.92 Å². The van der Waals surface area contributed by atoms with E-state index in [1.165, 1.54) is 41.6 Å². The van der Waals surface area contributed by atoms with Gasteiger partial charge in [-0.2, -0.15) is 0 Å². The third-order valence-corrected chi connectivity index (χ3v) is 4.86. The number of aryl methyl sites for hydroxylation is 1. The first kappa shape index (κ1) is 14.8. The summed E-state index contributed by atoms with van der Waals surface area (Å²) in [5.74, 6) is 0.806. The monoisotopic (exact) mass is 281 g/mol. The number of nitrogens with one attached hydrogen (secondary N) is 1. The Labute approximate surface area is 121 Å². The van der Waals surface area contributed by atoms with E-state index >= 15 is 0 Å². The van der Waals surface area contributed by atoms with Gasteiger partial charge in [-0.25, -0.2) is 4.98 Å². The van der Waals surface area contributed by atoms with Crippen LogP contribution in [0.2, 0.25) is 0 Å². The van der Waals surface area contributed by atoms with Crippen LogP contribution < -0.4 is 10.2 Å². The lowest BCUT2D eigenvalue weighted by Gasteiger charge is -2.30. The minimum absolute atomic E-state index is 0.533. The molecule has 1 aliphatic rings. The lowest BCUT2D eigenvalue weighted by molar-refractivity contribution is 0.446. The molecule has 1 saturated heterocycles. The van der Waals surface area contributed by atoms with E-state index in [-0.39, 0.29) is 0 Å². The third kappa shape index (κ3) is 3.93. The van der Waals surface area contributed by atoms with E-state index in [0.29, 0.717) is 6.04 Å². The van der Waals surface area contributed by atoms with E-state index in [0.717, 1.165) is 18.9 Å². The zero-order valence-electron chi connectivity index (χ0n) is 12.7. The minimum Gasteiger partial charge on any atom is -0.348 e. The second-order valence-electron chi connectivity index (χ2n) is 5.95. The molecule has 0 radical (unpaired) electrons. The Bertz CT molecular complexity index is 400. The molecule has 0 aliphatic carbocycles. The maximum atomic E-state index is 4.87. The smallest absolute Gasteiger partial charge is 0.185 e. The van der Waals surface area contributed by atoms with Crippen molar-refractivity contribution >= 4 is 16.5 Å². The van der Waals surface area contributed by atoms with Crippen molar-refractivity contribution in [3.63, 3.8) is 0 Å². The van der Waals surface area contributed by atoms with Crippen LogP contribution in [0.25, 0.3) is 0 Å². The molecule has 0 aromatic carbocycles. The number of aromatic nitrogens is 1. The molecule has 0 spiro atoms. The molecule has 2 heterocycles. The van der Waals surface area contributed by atoms with Gasteiger partial charge in [0.05, 0.1) is 5.69 Å². The van der Waals surface area contributed by atoms with E-state index in [4.69, 9.17) is 4.98 Å². The van der Waals surface area contributed by atoms with Crippen LogP contribution in [0.3, 0.4) is 0 Å². The fourth-order valence-electron chi connectivity index (χ4n) is 2.58. The van der Waals surface area contributed by atoms with Crippen LogP contribution in [0.4, 0.5) is 5.13 Å². The number of piperidine rings is 1. The summed E-state index contributed by atoms with van der Waals surface area (Å²) >= 11 is 1.89. The quantitative estimate of drug-likeness (QED) is 0.896. The molecule has 1 unspecified atom stereocenters. The molecule has 0 bridgehead atoms. The lowest BCUT2D eigenvalue weighted by atomic mass is 10.0. The summed E-state index contributed by atoms with van der Waals surface area (Å²) < 4.78 is 0. The highest BCUT2D eigenvalue weighted by Gasteiger charge is 2.20. The Balaban J connectivity index is 2.08. The predicted octanol–water partition coefficient (Wildman–Crippen LogP) is 3.44. The Kier molecular flexibility index (Phi) is 5.22. The topological polar surface area (TPSA) is 28.2 Å². The standard InChI is InChI=1S/C15H27N3S/c1-5-13-14(9-16-11(2)3)19-15(17-13)18-8-6-7-12(4)10-18/h11-12,16H,5-10H2,1-4H3. The van der Waals surface area contributed by atoms with Gasteiger partial charge >= 0.3 is 0 Å². The van der Waals surface area contributed by atoms with Gasteiger partial charge in [0.1, 0.15) is 0 Å². The summed E-state index contributed by atoms with van der Waals surface area (Å²) in [4.78, 5) is 8.77. The van der Waals surface area contributed by atoms with E-state index < -0.39 is 0 Å². The van der Waals surface area contributed by atoms with Crippen LogP contribution in [0.15, 0.2) is 0 Å². The van der Waals surface area contributed by atoms with E-state index in [1.807, 2.05) is 11.3 Å². The van der Waals surface area contributed by atoms with Gasteiger partial charge in [-0.05, 0) is 25.2 Å². The highest BCUT2D eigenvalue weighted by Crippen LogP contribution is 2.30. The zero-order chi connectivity index (χ0) is 13.8. The van der Waals surface area contributed by atoms with Crippen LogP contribution in [-0.4, -0.2) is 24.1 Å². The molecule has 108 valence electrons. The van der Waals surface area contributed by atoms with Crippen molar-refractivity contribution in [1.29, 1.82) is 0 Å². The Morgan fingerprint density at radius 3 is 2.89 bits per heavy atom. The number of thiazole rings is 1. The summed E-state index contributed by atoms with van der Waals surface area (Å²) in [5.41, 5.74) is 1.28. The van der Waals surface area contributed by atoms with E-state index in [9.17, 15) is 0 Å². The third-order valence-electron chi connectivity index (χ3n) is 3.70. The first-order valence-electron chi connectivity index (χ1n) is 7.57. The maximum Gasteiger partial charge on any atom is 0.185 e. The van der Waals surface area contributed by atoms with Gasteiger partial charge in [0.2, 0.25) is 0 Å². The Hall–Kier alpha value is -0.610. The van der Waals surface area contributed by atoms with Crippen LogP contribution in [-0.2, 0) is 13.0 Å². The van der Waals surface area contributed by atoms with Crippen molar-refractivity contribution in [3.05, 3.63) is 10.6 Å². The van der Waals surface area contributed by atoms with Gasteiger partial charge in [0.15, 0.2) is 5.13 Å². The molecule has 1 aliphatic heterocycles. The lowest BCUT2D eigenvalue weighted by Crippen LogP contribution is -2.34. The van der Waals surface area contributed by atoms with Crippen LogP contribution in [0.5, 0.6) is 0 Å². The van der Waals surface area contributed by atoms with Crippen molar-refractivity contribution in [2.75, 3.05) is 18.0 Å². The Morgan fingerprint density at radius 1 is 1.47 bits per heavy atom. The first-order valence-corrected chi connectivity index (χ1v) is 8.38. The summed E-state index contributed by atoms with van der Waals surface area (Å²) in [6, 6.07) is 0.533. The molecule has 4 heteroatoms. The van der Waals surface area contributed by atoms with Gasteiger partial charge in [-0.1, -0.05) is 27.7 Å². The Morgan fingerprint density at radius 2 is 2.26 bits per heavy atom. The maximum absolute atomic E-state index is 4.87. The largest absolute Gasteiger partial charge is 0.348 e. The summed E-state index contributed by atoms with van der Waals surface area (Å²) in [6.07, 6.45) is 3.71. The average molecular weight is 281 g/mol. The number of anilines is 1. The highest BCUT2D eigenvalue weighted by atomic mass is 32.1. The molecule has 2 rings (SSSR count). The van der Waals surface area contributed by atoms with Gasteiger partial charge in [0.25, 0.3) is 0 Å². The molecule has 1 fully saturated rings. The SMILES string of the molecule is CCc1nc(N2CCCC(C)C2)sc1CNC(C)C. The normalized spacial score (nSPS) is 20.3. The van der Waals surface area contributed by atoms with Crippen LogP contribution in [0.1, 0.15) is 51.1 Å². The molecule has 1 atom stereocenters. The molecular weight excluding hydrogens is 254 g/mol. The van der Waals surface area contributed by atoms with Gasteiger partial charge in [-0.3, -0.25) is 0 Å². The summed E-state index contributed by atoms with van der Waals surface area (Å²) in [6.45, 7) is 12.3. The van der Waals surface area contributed by atoms with Gasteiger partial charge in [-0.15, -0.1) is 11.3 Å². The molecule has 19 heavy (non-hydrogen) atoms. The van der Waals surface area contributed by atoms with Gasteiger partial charge < -0.3 is 10.2 Å². The molecule has 1 aromatic heterocycles. The second kappa shape index (κ2) is 6.71. The number of hydrogen-bond donors (Lipinski definition) is 1. The minimum atomic E-state index is 0.533. The average Bonchev–Trinajstić information content (AvgIpc) is 2.79. The molecule has 0 amide bonds. The van der Waals surface area contributed by atoms with Crippen molar-refractivity contribution in [3.8, 4) is 0 Å². The van der Waals surface area contributed by atoms with Crippen molar-refractivity contribution < 1.29 is 0 Å². The molecule has 3 nitrogen and oxygen atoms in total. The fraction of sp³-hybridized carbons (Fsp3) is 0.800. The molecule has 1 aromatic rings. The van der Waals surface area contributed by atoms with Crippen molar-refractivity contribution in [1.82, 2.24) is 10.3 Å².